The Balaban J connectivity index is 1.52. The maximum Gasteiger partial charge on any atom is 0.256 e. The molecule has 164 valence electrons. The molecule has 0 bridgehead atoms. The third-order valence-corrected chi connectivity index (χ3v) is 6.75. The first-order valence-electron chi connectivity index (χ1n) is 11.7. The Kier molecular flexibility index (Phi) is 5.99. The van der Waals surface area contributed by atoms with Gasteiger partial charge in [-0.05, 0) is 48.4 Å². The number of fused-ring (bicyclic) bond motifs is 3. The number of nitrogens with zero attached hydrogens (tertiary/aromatic N) is 2. The van der Waals surface area contributed by atoms with Gasteiger partial charge in [0.25, 0.3) is 5.91 Å². The van der Waals surface area contributed by atoms with E-state index in [2.05, 4.69) is 17.4 Å². The Hall–Kier alpha value is -3.05. The molecular weight excluding hydrogens is 398 g/mol. The molecule has 2 aliphatic carbocycles. The van der Waals surface area contributed by atoms with Gasteiger partial charge in [0.15, 0.2) is 5.82 Å². The molecule has 3 aromatic rings. The summed E-state index contributed by atoms with van der Waals surface area (Å²) in [5.41, 5.74) is 6.61. The minimum absolute atomic E-state index is 0.0448. The first kappa shape index (κ1) is 20.8. The van der Waals surface area contributed by atoms with Crippen molar-refractivity contribution in [3.8, 4) is 11.3 Å². The van der Waals surface area contributed by atoms with E-state index in [0.717, 1.165) is 47.5 Å². The van der Waals surface area contributed by atoms with Crippen molar-refractivity contribution in [3.63, 3.8) is 0 Å². The molecule has 0 radical (unpaired) electrons. The quantitative estimate of drug-likeness (QED) is 0.593. The second-order valence-electron chi connectivity index (χ2n) is 8.99. The monoisotopic (exact) mass is 427 g/mol. The number of anilines is 1. The first-order valence-corrected chi connectivity index (χ1v) is 11.7. The van der Waals surface area contributed by atoms with Gasteiger partial charge in [0.05, 0.1) is 23.7 Å². The molecular formula is C27H29N3O2. The van der Waals surface area contributed by atoms with Crippen LogP contribution in [0.1, 0.15) is 65.0 Å². The van der Waals surface area contributed by atoms with Crippen molar-refractivity contribution >= 4 is 11.7 Å². The molecule has 32 heavy (non-hydrogen) atoms. The van der Waals surface area contributed by atoms with Crippen molar-refractivity contribution in [2.45, 2.75) is 58.0 Å². The molecule has 1 aromatic heterocycles. The Morgan fingerprint density at radius 1 is 1.00 bits per heavy atom. The van der Waals surface area contributed by atoms with Crippen molar-refractivity contribution in [3.05, 3.63) is 76.6 Å². The van der Waals surface area contributed by atoms with Crippen molar-refractivity contribution in [1.29, 1.82) is 0 Å². The van der Waals surface area contributed by atoms with Crippen molar-refractivity contribution in [2.24, 2.45) is 5.92 Å². The normalized spacial score (nSPS) is 15.7. The fraction of sp³-hybridized carbons (Fsp3) is 0.370. The van der Waals surface area contributed by atoms with Gasteiger partial charge in [0.1, 0.15) is 0 Å². The van der Waals surface area contributed by atoms with E-state index in [0.29, 0.717) is 17.3 Å². The second-order valence-corrected chi connectivity index (χ2v) is 8.99. The van der Waals surface area contributed by atoms with Crippen LogP contribution in [0.2, 0.25) is 0 Å². The number of hydrogen-bond donors (Lipinski definition) is 2. The molecule has 0 atom stereocenters. The van der Waals surface area contributed by atoms with Gasteiger partial charge < -0.3 is 10.4 Å². The molecule has 5 rings (SSSR count). The fourth-order valence-corrected chi connectivity index (χ4v) is 5.01. The number of nitrogens with one attached hydrogen (secondary N) is 1. The number of aliphatic hydroxyl groups excluding tert-OH is 1. The maximum absolute atomic E-state index is 12.9. The largest absolute Gasteiger partial charge is 0.392 e. The summed E-state index contributed by atoms with van der Waals surface area (Å²) >= 11 is 0. The Labute approximate surface area is 188 Å². The highest BCUT2D eigenvalue weighted by Crippen LogP contribution is 2.35. The number of carbonyl (C=O) groups excluding carboxylic acids is 1. The number of aliphatic hydroxyl groups is 1. The lowest BCUT2D eigenvalue weighted by molar-refractivity contribution is 0.102. The number of aromatic nitrogens is 2. The van der Waals surface area contributed by atoms with Crippen LogP contribution >= 0.6 is 0 Å². The zero-order valence-corrected chi connectivity index (χ0v) is 18.3. The third kappa shape index (κ3) is 4.30. The molecule has 0 saturated heterocycles. The highest BCUT2D eigenvalue weighted by Gasteiger charge is 2.25. The lowest BCUT2D eigenvalue weighted by Gasteiger charge is -2.25. The van der Waals surface area contributed by atoms with Gasteiger partial charge in [0.2, 0.25) is 0 Å². The van der Waals surface area contributed by atoms with Crippen LogP contribution in [-0.4, -0.2) is 21.0 Å². The summed E-state index contributed by atoms with van der Waals surface area (Å²) in [6, 6.07) is 15.4. The van der Waals surface area contributed by atoms with Gasteiger partial charge in [-0.15, -0.1) is 0 Å². The number of hydrogen-bond acceptors (Lipinski definition) is 4. The molecule has 5 nitrogen and oxygen atoms in total. The van der Waals surface area contributed by atoms with E-state index in [1.54, 1.807) is 0 Å². The number of aryl methyl sites for hydroxylation is 2. The van der Waals surface area contributed by atoms with Crippen molar-refractivity contribution in [2.75, 3.05) is 5.32 Å². The third-order valence-electron chi connectivity index (χ3n) is 6.75. The van der Waals surface area contributed by atoms with Crippen LogP contribution in [0.5, 0.6) is 0 Å². The Morgan fingerprint density at radius 3 is 2.59 bits per heavy atom. The van der Waals surface area contributed by atoms with Gasteiger partial charge in [-0.1, -0.05) is 68.5 Å². The van der Waals surface area contributed by atoms with E-state index < -0.39 is 0 Å². The number of carbonyl (C=O) groups is 1. The lowest BCUT2D eigenvalue weighted by Crippen LogP contribution is -2.20. The molecule has 5 heteroatoms. The number of benzene rings is 2. The summed E-state index contributed by atoms with van der Waals surface area (Å²) in [5, 5.41) is 12.6. The maximum atomic E-state index is 12.9. The lowest BCUT2D eigenvalue weighted by atomic mass is 9.85. The van der Waals surface area contributed by atoms with Gasteiger partial charge in [-0.25, -0.2) is 9.97 Å². The molecule has 2 N–H and O–H groups in total. The summed E-state index contributed by atoms with van der Waals surface area (Å²) in [6.07, 6.45) is 8.74. The highest BCUT2D eigenvalue weighted by molar-refractivity contribution is 6.04. The van der Waals surface area contributed by atoms with Gasteiger partial charge in [-0.3, -0.25) is 4.79 Å². The summed E-state index contributed by atoms with van der Waals surface area (Å²) in [5.74, 6) is 1.05. The van der Waals surface area contributed by atoms with E-state index in [1.165, 1.54) is 37.7 Å². The molecule has 0 aliphatic heterocycles. The second kappa shape index (κ2) is 9.21. The molecule has 1 saturated carbocycles. The zero-order valence-electron chi connectivity index (χ0n) is 18.3. The van der Waals surface area contributed by atoms with Crippen LogP contribution in [0.15, 0.2) is 48.5 Å². The van der Waals surface area contributed by atoms with Crippen LogP contribution in [0.4, 0.5) is 5.82 Å². The van der Waals surface area contributed by atoms with Crippen LogP contribution in [0, 0.1) is 5.92 Å². The predicted octanol–water partition coefficient (Wildman–Crippen LogP) is 5.11. The average Bonchev–Trinajstić information content (AvgIpc) is 2.85. The minimum Gasteiger partial charge on any atom is -0.392 e. The molecule has 2 aliphatic rings. The van der Waals surface area contributed by atoms with E-state index in [1.807, 2.05) is 36.4 Å². The standard InChI is InChI=1S/C27H29N3O2/c31-17-19-11-13-22-21(15-19)12-14-23-25(22)28-24(16-18-7-3-1-4-8-18)26(29-23)30-27(32)20-9-5-2-6-10-20/h2,5-6,9-11,13,15,18,31H,1,3-4,7-8,12,14,16-17H2,(H,29,30,32). The smallest absolute Gasteiger partial charge is 0.256 e. The summed E-state index contributed by atoms with van der Waals surface area (Å²) in [7, 11) is 0. The van der Waals surface area contributed by atoms with Crippen LogP contribution < -0.4 is 5.32 Å². The molecule has 2 aromatic carbocycles. The number of rotatable bonds is 5. The fourth-order valence-electron chi connectivity index (χ4n) is 5.01. The van der Waals surface area contributed by atoms with E-state index in [4.69, 9.17) is 9.97 Å². The van der Waals surface area contributed by atoms with E-state index in [-0.39, 0.29) is 12.5 Å². The van der Waals surface area contributed by atoms with E-state index in [9.17, 15) is 9.90 Å². The van der Waals surface area contributed by atoms with Crippen LogP contribution in [0.3, 0.4) is 0 Å². The van der Waals surface area contributed by atoms with Crippen LogP contribution in [0.25, 0.3) is 11.3 Å². The number of amides is 1. The predicted molar refractivity (Wildman–Crippen MR) is 125 cm³/mol. The topological polar surface area (TPSA) is 75.1 Å². The van der Waals surface area contributed by atoms with Crippen molar-refractivity contribution in [1.82, 2.24) is 9.97 Å². The molecule has 1 amide bonds. The van der Waals surface area contributed by atoms with Crippen LogP contribution in [-0.2, 0) is 25.9 Å². The molecule has 0 unspecified atom stereocenters. The molecule has 0 spiro atoms. The molecule has 1 heterocycles. The Bertz CT molecular complexity index is 1120. The average molecular weight is 428 g/mol. The highest BCUT2D eigenvalue weighted by atomic mass is 16.3. The summed E-state index contributed by atoms with van der Waals surface area (Å²) < 4.78 is 0. The zero-order chi connectivity index (χ0) is 21.9. The Morgan fingerprint density at radius 2 is 1.81 bits per heavy atom. The minimum atomic E-state index is -0.145. The van der Waals surface area contributed by atoms with E-state index >= 15 is 0 Å². The van der Waals surface area contributed by atoms with Gasteiger partial charge in [0, 0.05) is 11.1 Å². The summed E-state index contributed by atoms with van der Waals surface area (Å²) in [4.78, 5) is 22.9. The van der Waals surface area contributed by atoms with Gasteiger partial charge in [-0.2, -0.15) is 0 Å². The first-order chi connectivity index (χ1) is 15.7. The van der Waals surface area contributed by atoms with Gasteiger partial charge >= 0.3 is 0 Å². The van der Waals surface area contributed by atoms with Crippen molar-refractivity contribution < 1.29 is 9.90 Å². The SMILES string of the molecule is O=C(Nc1nc2c(nc1CC1CCCCC1)-c1ccc(CO)cc1CC2)c1ccccc1. The summed E-state index contributed by atoms with van der Waals surface area (Å²) in [6.45, 7) is 0.0448. The molecule has 1 fully saturated rings.